The van der Waals surface area contributed by atoms with Gasteiger partial charge in [0.15, 0.2) is 0 Å². The van der Waals surface area contributed by atoms with Gasteiger partial charge in [0.25, 0.3) is 0 Å². The molecule has 5 heteroatoms. The van der Waals surface area contributed by atoms with E-state index in [0.29, 0.717) is 0 Å². The molecule has 0 aliphatic heterocycles. The van der Waals surface area contributed by atoms with Gasteiger partial charge in [-0.25, -0.2) is 4.79 Å². The summed E-state index contributed by atoms with van der Waals surface area (Å²) < 4.78 is 9.07. The van der Waals surface area contributed by atoms with E-state index in [1.807, 2.05) is 0 Å². The number of oxazole rings is 1. The molecule has 1 N–H and O–H groups in total. The van der Waals surface area contributed by atoms with Crippen LogP contribution in [0, 0.1) is 0 Å². The van der Waals surface area contributed by atoms with Gasteiger partial charge in [-0.15, -0.1) is 0 Å². The van der Waals surface area contributed by atoms with Gasteiger partial charge in [0.2, 0.25) is 5.76 Å². The number of hydrogen-bond acceptors (Lipinski definition) is 4. The summed E-state index contributed by atoms with van der Waals surface area (Å²) in [5, 5.41) is 8.30. The van der Waals surface area contributed by atoms with E-state index in [0.717, 1.165) is 6.20 Å². The van der Waals surface area contributed by atoms with Crippen LogP contribution in [0.5, 0.6) is 6.08 Å². The van der Waals surface area contributed by atoms with Crippen molar-refractivity contribution >= 4 is 5.97 Å². The highest BCUT2D eigenvalue weighted by Crippen LogP contribution is 2.09. The molecule has 0 fully saturated rings. The molecule has 0 aliphatic rings. The lowest BCUT2D eigenvalue weighted by Crippen LogP contribution is -1.91. The van der Waals surface area contributed by atoms with Crippen LogP contribution in [0.25, 0.3) is 0 Å². The van der Waals surface area contributed by atoms with Gasteiger partial charge in [-0.1, -0.05) is 0 Å². The molecule has 1 rings (SSSR count). The van der Waals surface area contributed by atoms with E-state index in [-0.39, 0.29) is 11.8 Å². The molecule has 0 saturated carbocycles. The fourth-order valence-corrected chi connectivity index (χ4v) is 0.451. The summed E-state index contributed by atoms with van der Waals surface area (Å²) in [5.74, 6) is -1.38. The quantitative estimate of drug-likeness (QED) is 0.647. The maximum absolute atomic E-state index is 10.1. The van der Waals surface area contributed by atoms with E-state index < -0.39 is 5.97 Å². The van der Waals surface area contributed by atoms with E-state index in [4.69, 9.17) is 5.11 Å². The van der Waals surface area contributed by atoms with Gasteiger partial charge < -0.3 is 14.3 Å². The highest BCUT2D eigenvalue weighted by Gasteiger charge is 2.09. The van der Waals surface area contributed by atoms with Crippen LogP contribution in [0.3, 0.4) is 0 Å². The van der Waals surface area contributed by atoms with E-state index in [9.17, 15) is 4.79 Å². The van der Waals surface area contributed by atoms with E-state index in [1.54, 1.807) is 0 Å². The van der Waals surface area contributed by atoms with Crippen LogP contribution in [0.2, 0.25) is 0 Å². The smallest absolute Gasteiger partial charge is 0.393 e. The van der Waals surface area contributed by atoms with Crippen molar-refractivity contribution in [3.63, 3.8) is 0 Å². The van der Waals surface area contributed by atoms with Crippen LogP contribution < -0.4 is 4.74 Å². The number of aromatic nitrogens is 1. The summed E-state index contributed by atoms with van der Waals surface area (Å²) >= 11 is 0. The van der Waals surface area contributed by atoms with Crippen molar-refractivity contribution in [3.05, 3.63) is 12.0 Å². The van der Waals surface area contributed by atoms with Gasteiger partial charge in [-0.2, -0.15) is 4.98 Å². The Balaban J connectivity index is 2.88. The lowest BCUT2D eigenvalue weighted by molar-refractivity contribution is 0.0655. The molecule has 0 spiro atoms. The van der Waals surface area contributed by atoms with E-state index in [1.165, 1.54) is 7.11 Å². The minimum atomic E-state index is -1.16. The normalized spacial score (nSPS) is 9.30. The van der Waals surface area contributed by atoms with Crippen LogP contribution in [-0.2, 0) is 0 Å². The van der Waals surface area contributed by atoms with Gasteiger partial charge in [0.1, 0.15) is 0 Å². The van der Waals surface area contributed by atoms with Crippen molar-refractivity contribution in [2.75, 3.05) is 7.11 Å². The molecule has 0 bridgehead atoms. The maximum Gasteiger partial charge on any atom is 0.393 e. The van der Waals surface area contributed by atoms with Crippen LogP contribution >= 0.6 is 0 Å². The SMILES string of the molecule is COc1ncc(C(=O)O)o1. The first-order valence-corrected chi connectivity index (χ1v) is 2.47. The van der Waals surface area contributed by atoms with E-state index in [2.05, 4.69) is 14.1 Å². The minimum absolute atomic E-state index is 0.0441. The molecule has 0 aliphatic carbocycles. The summed E-state index contributed by atoms with van der Waals surface area (Å²) in [5.41, 5.74) is 0. The molecule has 0 unspecified atom stereocenters. The Bertz CT molecular complexity index is 242. The summed E-state index contributed by atoms with van der Waals surface area (Å²) in [6, 6.07) is 0. The Morgan fingerprint density at radius 1 is 1.90 bits per heavy atom. The second-order valence-corrected chi connectivity index (χ2v) is 1.50. The second kappa shape index (κ2) is 2.38. The summed E-state index contributed by atoms with van der Waals surface area (Å²) in [6.07, 6.45) is 1.04. The molecule has 0 amide bonds. The zero-order valence-corrected chi connectivity index (χ0v) is 5.20. The van der Waals surface area contributed by atoms with Crippen LogP contribution in [-0.4, -0.2) is 23.2 Å². The number of carboxylic acids is 1. The monoisotopic (exact) mass is 143 g/mol. The molecule has 1 aromatic rings. The summed E-state index contributed by atoms with van der Waals surface area (Å²) in [4.78, 5) is 13.6. The number of carbonyl (C=O) groups is 1. The molecule has 0 atom stereocenters. The predicted octanol–water partition coefficient (Wildman–Crippen LogP) is 0.381. The third-order valence-corrected chi connectivity index (χ3v) is 0.870. The number of carboxylic acid groups (broad SMARTS) is 1. The number of aromatic carboxylic acids is 1. The number of ether oxygens (including phenoxy) is 1. The number of nitrogens with zero attached hydrogens (tertiary/aromatic N) is 1. The summed E-state index contributed by atoms with van der Waals surface area (Å²) in [6.45, 7) is 0. The van der Waals surface area contributed by atoms with Crippen LogP contribution in [0.15, 0.2) is 10.6 Å². The van der Waals surface area contributed by atoms with Gasteiger partial charge >= 0.3 is 12.0 Å². The molecule has 0 saturated heterocycles. The van der Waals surface area contributed by atoms with Crippen molar-refractivity contribution in [2.24, 2.45) is 0 Å². The zero-order chi connectivity index (χ0) is 7.56. The number of hydrogen-bond donors (Lipinski definition) is 1. The molecule has 10 heavy (non-hydrogen) atoms. The number of methoxy groups -OCH3 is 1. The van der Waals surface area contributed by atoms with Gasteiger partial charge in [-0.05, 0) is 0 Å². The third-order valence-electron chi connectivity index (χ3n) is 0.870. The fraction of sp³-hybridized carbons (Fsp3) is 0.200. The van der Waals surface area contributed by atoms with Crippen LogP contribution in [0.4, 0.5) is 0 Å². The van der Waals surface area contributed by atoms with Crippen molar-refractivity contribution in [3.8, 4) is 6.08 Å². The molecular weight excluding hydrogens is 138 g/mol. The third kappa shape index (κ3) is 1.07. The maximum atomic E-state index is 10.1. The Hall–Kier alpha value is -1.52. The first-order chi connectivity index (χ1) is 4.74. The van der Waals surface area contributed by atoms with E-state index >= 15 is 0 Å². The zero-order valence-electron chi connectivity index (χ0n) is 5.20. The number of rotatable bonds is 2. The largest absolute Gasteiger partial charge is 0.475 e. The van der Waals surface area contributed by atoms with Crippen molar-refractivity contribution in [1.29, 1.82) is 0 Å². The first kappa shape index (κ1) is 6.60. The highest BCUT2D eigenvalue weighted by molar-refractivity contribution is 5.83. The van der Waals surface area contributed by atoms with Crippen molar-refractivity contribution in [1.82, 2.24) is 4.98 Å². The molecule has 0 aromatic carbocycles. The molecule has 5 nitrogen and oxygen atoms in total. The Morgan fingerprint density at radius 3 is 2.90 bits per heavy atom. The molecule has 0 radical (unpaired) electrons. The molecule has 1 aromatic heterocycles. The van der Waals surface area contributed by atoms with Gasteiger partial charge in [0, 0.05) is 0 Å². The lowest BCUT2D eigenvalue weighted by Gasteiger charge is -1.86. The first-order valence-electron chi connectivity index (χ1n) is 2.47. The Kier molecular flexibility index (Phi) is 1.57. The van der Waals surface area contributed by atoms with Crippen molar-refractivity contribution < 1.29 is 19.1 Å². The van der Waals surface area contributed by atoms with Crippen molar-refractivity contribution in [2.45, 2.75) is 0 Å². The average Bonchev–Trinajstić information content (AvgIpc) is 2.34. The average molecular weight is 143 g/mol. The minimum Gasteiger partial charge on any atom is -0.475 e. The standard InChI is InChI=1S/C5H5NO4/c1-9-5-6-2-3(10-5)4(7)8/h2H,1H3,(H,7,8). The Morgan fingerprint density at radius 2 is 2.60 bits per heavy atom. The molecule has 1 heterocycles. The lowest BCUT2D eigenvalue weighted by atomic mass is 10.5. The Labute approximate surface area is 56.2 Å². The predicted molar refractivity (Wildman–Crippen MR) is 30.0 cm³/mol. The molecular formula is C5H5NO4. The van der Waals surface area contributed by atoms with Crippen LogP contribution in [0.1, 0.15) is 10.6 Å². The molecule has 54 valence electrons. The topological polar surface area (TPSA) is 72.6 Å². The van der Waals surface area contributed by atoms with Gasteiger partial charge in [0.05, 0.1) is 13.3 Å². The summed E-state index contributed by atoms with van der Waals surface area (Å²) in [7, 11) is 1.34. The highest BCUT2D eigenvalue weighted by atomic mass is 16.6. The second-order valence-electron chi connectivity index (χ2n) is 1.50. The van der Waals surface area contributed by atoms with Gasteiger partial charge in [-0.3, -0.25) is 0 Å². The fourth-order valence-electron chi connectivity index (χ4n) is 0.451.